The van der Waals surface area contributed by atoms with Crippen LogP contribution in [0.1, 0.15) is 29.8 Å². The van der Waals surface area contributed by atoms with Crippen molar-refractivity contribution in [2.75, 3.05) is 25.6 Å². The zero-order valence-corrected chi connectivity index (χ0v) is 15.2. The smallest absolute Gasteiger partial charge is 0.338 e. The van der Waals surface area contributed by atoms with E-state index in [4.69, 9.17) is 14.2 Å². The molecule has 0 aliphatic heterocycles. The van der Waals surface area contributed by atoms with E-state index in [0.29, 0.717) is 23.8 Å². The van der Waals surface area contributed by atoms with Gasteiger partial charge < -0.3 is 19.5 Å². The highest BCUT2D eigenvalue weighted by molar-refractivity contribution is 5.95. The molecule has 0 aliphatic carbocycles. The van der Waals surface area contributed by atoms with Crippen LogP contribution in [0.4, 0.5) is 5.69 Å². The molecule has 0 unspecified atom stereocenters. The summed E-state index contributed by atoms with van der Waals surface area (Å²) in [5.41, 5.74) is 2.07. The summed E-state index contributed by atoms with van der Waals surface area (Å²) < 4.78 is 15.7. The number of carbonyl (C=O) groups excluding carboxylic acids is 2. The molecule has 0 fully saturated rings. The number of esters is 1. The number of carbonyl (C=O) groups is 2. The van der Waals surface area contributed by atoms with Gasteiger partial charge in [0.2, 0.25) is 0 Å². The number of nitrogens with one attached hydrogen (secondary N) is 1. The Bertz CT molecular complexity index is 773. The summed E-state index contributed by atoms with van der Waals surface area (Å²) in [6, 6.07) is 12.2. The lowest BCUT2D eigenvalue weighted by Gasteiger charge is -2.11. The second-order valence-corrected chi connectivity index (χ2v) is 5.48. The molecule has 26 heavy (non-hydrogen) atoms. The topological polar surface area (TPSA) is 73.9 Å². The summed E-state index contributed by atoms with van der Waals surface area (Å²) in [7, 11) is 1.49. The highest BCUT2D eigenvalue weighted by Crippen LogP contribution is 2.28. The number of aryl methyl sites for hydroxylation is 1. The lowest BCUT2D eigenvalue weighted by atomic mass is 10.1. The fourth-order valence-corrected chi connectivity index (χ4v) is 2.35. The van der Waals surface area contributed by atoms with E-state index in [2.05, 4.69) is 5.32 Å². The Morgan fingerprint density at radius 1 is 1.04 bits per heavy atom. The van der Waals surface area contributed by atoms with Gasteiger partial charge in [0.1, 0.15) is 0 Å². The molecule has 6 heteroatoms. The lowest BCUT2D eigenvalue weighted by molar-refractivity contribution is -0.119. The summed E-state index contributed by atoms with van der Waals surface area (Å²) in [6.45, 7) is 4.01. The molecule has 138 valence electrons. The van der Waals surface area contributed by atoms with Crippen LogP contribution in [0.5, 0.6) is 11.5 Å². The van der Waals surface area contributed by atoms with Gasteiger partial charge in [-0.3, -0.25) is 4.79 Å². The van der Waals surface area contributed by atoms with Crippen molar-refractivity contribution in [2.24, 2.45) is 0 Å². The van der Waals surface area contributed by atoms with Crippen molar-refractivity contribution in [1.82, 2.24) is 0 Å². The molecule has 2 aromatic carbocycles. The first-order chi connectivity index (χ1) is 12.6. The minimum Gasteiger partial charge on any atom is -0.493 e. The molecule has 2 rings (SSSR count). The van der Waals surface area contributed by atoms with E-state index in [0.717, 1.165) is 12.0 Å². The molecule has 0 aromatic heterocycles. The standard InChI is InChI=1S/C20H23NO5/c1-4-14-7-6-8-16(11-14)21-19(22)13-26-20(23)15-9-10-17(25-5-2)18(12-15)24-3/h6-12H,4-5,13H2,1-3H3,(H,21,22). The molecular formula is C20H23NO5. The monoisotopic (exact) mass is 357 g/mol. The van der Waals surface area contributed by atoms with E-state index >= 15 is 0 Å². The van der Waals surface area contributed by atoms with Crippen LogP contribution in [0.25, 0.3) is 0 Å². The molecule has 0 saturated carbocycles. The molecular weight excluding hydrogens is 334 g/mol. The molecule has 2 aromatic rings. The molecule has 0 spiro atoms. The predicted molar refractivity (Wildman–Crippen MR) is 98.9 cm³/mol. The average Bonchev–Trinajstić information content (AvgIpc) is 2.66. The van der Waals surface area contributed by atoms with E-state index in [1.54, 1.807) is 18.2 Å². The van der Waals surface area contributed by atoms with Crippen LogP contribution >= 0.6 is 0 Å². The number of benzene rings is 2. The van der Waals surface area contributed by atoms with Gasteiger partial charge in [0, 0.05) is 5.69 Å². The second-order valence-electron chi connectivity index (χ2n) is 5.48. The van der Waals surface area contributed by atoms with Gasteiger partial charge in [0.25, 0.3) is 5.91 Å². The van der Waals surface area contributed by atoms with E-state index in [1.807, 2.05) is 32.0 Å². The fourth-order valence-electron chi connectivity index (χ4n) is 2.35. The molecule has 6 nitrogen and oxygen atoms in total. The fraction of sp³-hybridized carbons (Fsp3) is 0.300. The molecule has 0 atom stereocenters. The number of amides is 1. The summed E-state index contributed by atoms with van der Waals surface area (Å²) in [6.07, 6.45) is 0.873. The predicted octanol–water partition coefficient (Wildman–Crippen LogP) is 3.45. The lowest BCUT2D eigenvalue weighted by Crippen LogP contribution is -2.21. The Balaban J connectivity index is 1.94. The third-order valence-corrected chi connectivity index (χ3v) is 3.65. The number of methoxy groups -OCH3 is 1. The van der Waals surface area contributed by atoms with Crippen LogP contribution in [0.15, 0.2) is 42.5 Å². The van der Waals surface area contributed by atoms with E-state index in [-0.39, 0.29) is 12.2 Å². The van der Waals surface area contributed by atoms with Crippen LogP contribution in [-0.4, -0.2) is 32.2 Å². The summed E-state index contributed by atoms with van der Waals surface area (Å²) in [5.74, 6) is -0.0319. The Morgan fingerprint density at radius 2 is 1.85 bits per heavy atom. The van der Waals surface area contributed by atoms with Crippen LogP contribution < -0.4 is 14.8 Å². The highest BCUT2D eigenvalue weighted by Gasteiger charge is 2.14. The third-order valence-electron chi connectivity index (χ3n) is 3.65. The van der Waals surface area contributed by atoms with Crippen molar-refractivity contribution in [2.45, 2.75) is 20.3 Å². The minimum atomic E-state index is -0.608. The van der Waals surface area contributed by atoms with Gasteiger partial charge in [0.05, 0.1) is 19.3 Å². The molecule has 0 bridgehead atoms. The quantitative estimate of drug-likeness (QED) is 0.733. The zero-order chi connectivity index (χ0) is 18.9. The van der Waals surface area contributed by atoms with Gasteiger partial charge >= 0.3 is 5.97 Å². The maximum atomic E-state index is 12.1. The number of hydrogen-bond acceptors (Lipinski definition) is 5. The van der Waals surface area contributed by atoms with Gasteiger partial charge in [-0.1, -0.05) is 19.1 Å². The Labute approximate surface area is 153 Å². The van der Waals surface area contributed by atoms with Crippen LogP contribution in [0.3, 0.4) is 0 Å². The van der Waals surface area contributed by atoms with Gasteiger partial charge in [-0.15, -0.1) is 0 Å². The van der Waals surface area contributed by atoms with E-state index < -0.39 is 11.9 Å². The largest absolute Gasteiger partial charge is 0.493 e. The third kappa shape index (κ3) is 5.24. The minimum absolute atomic E-state index is 0.283. The van der Waals surface area contributed by atoms with Crippen molar-refractivity contribution < 1.29 is 23.8 Å². The van der Waals surface area contributed by atoms with Gasteiger partial charge in [-0.05, 0) is 49.2 Å². The van der Waals surface area contributed by atoms with E-state index in [9.17, 15) is 9.59 Å². The van der Waals surface area contributed by atoms with Crippen LogP contribution in [-0.2, 0) is 16.0 Å². The summed E-state index contributed by atoms with van der Waals surface area (Å²) >= 11 is 0. The van der Waals surface area contributed by atoms with Crippen LogP contribution in [0, 0.1) is 0 Å². The molecule has 1 N–H and O–H groups in total. The molecule has 0 heterocycles. The molecule has 0 radical (unpaired) electrons. The first kappa shape index (κ1) is 19.3. The average molecular weight is 357 g/mol. The first-order valence-corrected chi connectivity index (χ1v) is 8.44. The molecule has 0 saturated heterocycles. The van der Waals surface area contributed by atoms with Crippen LogP contribution in [0.2, 0.25) is 0 Å². The molecule has 1 amide bonds. The van der Waals surface area contributed by atoms with Gasteiger partial charge in [0.15, 0.2) is 18.1 Å². The van der Waals surface area contributed by atoms with E-state index in [1.165, 1.54) is 13.2 Å². The first-order valence-electron chi connectivity index (χ1n) is 8.44. The number of ether oxygens (including phenoxy) is 3. The Kier molecular flexibility index (Phi) is 7.02. The Morgan fingerprint density at radius 3 is 2.54 bits per heavy atom. The molecule has 0 aliphatic rings. The zero-order valence-electron chi connectivity index (χ0n) is 15.2. The number of hydrogen-bond donors (Lipinski definition) is 1. The van der Waals surface area contributed by atoms with Crippen molar-refractivity contribution in [1.29, 1.82) is 0 Å². The normalized spacial score (nSPS) is 10.1. The van der Waals surface area contributed by atoms with Gasteiger partial charge in [-0.2, -0.15) is 0 Å². The highest BCUT2D eigenvalue weighted by atomic mass is 16.5. The van der Waals surface area contributed by atoms with Crippen molar-refractivity contribution in [3.05, 3.63) is 53.6 Å². The van der Waals surface area contributed by atoms with Gasteiger partial charge in [-0.25, -0.2) is 4.79 Å². The summed E-state index contributed by atoms with van der Waals surface area (Å²) in [4.78, 5) is 24.1. The maximum absolute atomic E-state index is 12.1. The second kappa shape index (κ2) is 9.46. The van der Waals surface area contributed by atoms with Crippen molar-refractivity contribution in [3.8, 4) is 11.5 Å². The number of rotatable bonds is 8. The van der Waals surface area contributed by atoms with Crippen molar-refractivity contribution in [3.63, 3.8) is 0 Å². The van der Waals surface area contributed by atoms with Crippen molar-refractivity contribution >= 4 is 17.6 Å². The SMILES string of the molecule is CCOc1ccc(C(=O)OCC(=O)Nc2cccc(CC)c2)cc1OC. The maximum Gasteiger partial charge on any atom is 0.338 e. The Hall–Kier alpha value is -3.02. The summed E-state index contributed by atoms with van der Waals surface area (Å²) in [5, 5.41) is 2.71. The number of anilines is 1.